The van der Waals surface area contributed by atoms with Gasteiger partial charge >= 0.3 is 5.97 Å². The minimum Gasteiger partial charge on any atom is -0.454 e. The van der Waals surface area contributed by atoms with Gasteiger partial charge in [0.1, 0.15) is 18.4 Å². The second-order valence-electron chi connectivity index (χ2n) is 14.1. The molecule has 5 atom stereocenters. The largest absolute Gasteiger partial charge is 0.454 e. The van der Waals surface area contributed by atoms with Crippen LogP contribution in [0.15, 0.2) is 108 Å². The van der Waals surface area contributed by atoms with Crippen LogP contribution in [0.3, 0.4) is 0 Å². The van der Waals surface area contributed by atoms with Crippen LogP contribution in [-0.4, -0.2) is 40.8 Å². The summed E-state index contributed by atoms with van der Waals surface area (Å²) in [4.78, 5) is 35.5. The fourth-order valence-corrected chi connectivity index (χ4v) is 9.00. The molecule has 1 aliphatic carbocycles. The fourth-order valence-electron chi connectivity index (χ4n) is 8.73. The average Bonchev–Trinajstić information content (AvgIpc) is 3.37. The van der Waals surface area contributed by atoms with Crippen molar-refractivity contribution in [3.63, 3.8) is 0 Å². The summed E-state index contributed by atoms with van der Waals surface area (Å²) in [6, 6.07) is 19.5. The van der Waals surface area contributed by atoms with Crippen molar-refractivity contribution in [2.45, 2.75) is 76.1 Å². The number of halogens is 3. The van der Waals surface area contributed by atoms with E-state index in [1.807, 2.05) is 67.6 Å². The lowest BCUT2D eigenvalue weighted by Gasteiger charge is -2.57. The zero-order valence-corrected chi connectivity index (χ0v) is 29.8. The number of aromatic nitrogens is 1. The summed E-state index contributed by atoms with van der Waals surface area (Å²) < 4.78 is 23.0. The number of carbonyl (C=O) groups excluding carboxylic acids is 2. The number of rotatable bonds is 8. The molecule has 2 aliphatic heterocycles. The number of carbonyl (C=O) groups is 2. The Hall–Kier alpha value is -3.78. The second-order valence-corrected chi connectivity index (χ2v) is 14.9. The first-order chi connectivity index (χ1) is 23.5. The van der Waals surface area contributed by atoms with Crippen LogP contribution in [0.25, 0.3) is 0 Å². The van der Waals surface area contributed by atoms with Gasteiger partial charge in [0, 0.05) is 35.4 Å². The van der Waals surface area contributed by atoms with E-state index in [9.17, 15) is 9.59 Å². The molecule has 0 radical (unpaired) electrons. The Balaban J connectivity index is 1.74. The van der Waals surface area contributed by atoms with E-state index < -0.39 is 46.8 Å². The molecule has 256 valence electrons. The van der Waals surface area contributed by atoms with E-state index in [2.05, 4.69) is 35.6 Å². The molecule has 0 amide bonds. The van der Waals surface area contributed by atoms with Gasteiger partial charge in [-0.15, -0.1) is 0 Å². The molecule has 3 aliphatic rings. The van der Waals surface area contributed by atoms with Crippen LogP contribution in [0, 0.1) is 16.6 Å². The van der Waals surface area contributed by atoms with Crippen LogP contribution in [0.5, 0.6) is 0 Å². The summed E-state index contributed by atoms with van der Waals surface area (Å²) >= 11 is 12.9. The van der Waals surface area contributed by atoms with Gasteiger partial charge in [-0.2, -0.15) is 0 Å². The highest BCUT2D eigenvalue weighted by Gasteiger charge is 2.75. The van der Waals surface area contributed by atoms with Crippen molar-refractivity contribution in [1.82, 2.24) is 15.2 Å². The number of pyridine rings is 1. The van der Waals surface area contributed by atoms with Crippen molar-refractivity contribution in [2.75, 3.05) is 7.05 Å². The van der Waals surface area contributed by atoms with Crippen LogP contribution >= 0.6 is 23.2 Å². The highest BCUT2D eigenvalue weighted by molar-refractivity contribution is 6.31. The minimum absolute atomic E-state index is 0.0344. The van der Waals surface area contributed by atoms with Gasteiger partial charge in [0.15, 0.2) is 11.0 Å². The second kappa shape index (κ2) is 13.5. The number of allylic oxidation sites excluding steroid dienone is 4. The summed E-state index contributed by atoms with van der Waals surface area (Å²) in [6.45, 7) is 10.9. The third-order valence-electron chi connectivity index (χ3n) is 11.2. The van der Waals surface area contributed by atoms with Gasteiger partial charge in [0.2, 0.25) is 0 Å². The van der Waals surface area contributed by atoms with Gasteiger partial charge in [0.05, 0.1) is 11.5 Å². The van der Waals surface area contributed by atoms with E-state index in [4.69, 9.17) is 27.9 Å². The van der Waals surface area contributed by atoms with Gasteiger partial charge in [-0.05, 0) is 72.4 Å². The molecule has 0 bridgehead atoms. The van der Waals surface area contributed by atoms with E-state index in [-0.39, 0.29) is 16.1 Å². The molecule has 9 heteroatoms. The zero-order valence-electron chi connectivity index (χ0n) is 28.3. The quantitative estimate of drug-likeness (QED) is 0.109. The van der Waals surface area contributed by atoms with E-state index in [0.29, 0.717) is 29.1 Å². The predicted octanol–water partition coefficient (Wildman–Crippen LogP) is 9.01. The number of esters is 1. The Kier molecular flexibility index (Phi) is 9.66. The Morgan fingerprint density at radius 1 is 1.02 bits per heavy atom. The molecule has 1 spiro atoms. The molecule has 1 aromatic heterocycles. The average molecular weight is 703 g/mol. The molecule has 49 heavy (non-hydrogen) atoms. The predicted molar refractivity (Wildman–Crippen MR) is 191 cm³/mol. The fraction of sp³-hybridized carbons (Fsp3) is 0.375. The van der Waals surface area contributed by atoms with Crippen molar-refractivity contribution in [2.24, 2.45) is 10.8 Å². The molecule has 0 unspecified atom stereocenters. The van der Waals surface area contributed by atoms with Crippen LogP contribution < -0.4 is 5.32 Å². The number of likely N-dealkylation sites (N-methyl/N-ethyl adjacent to an activating group) is 1. The van der Waals surface area contributed by atoms with E-state index >= 15 is 4.39 Å². The molecule has 1 N–H and O–H groups in total. The summed E-state index contributed by atoms with van der Waals surface area (Å²) in [7, 11) is 1.74. The Morgan fingerprint density at radius 2 is 1.63 bits per heavy atom. The molecule has 2 aromatic carbocycles. The summed E-state index contributed by atoms with van der Waals surface area (Å²) in [6.07, 6.45) is 7.67. The monoisotopic (exact) mass is 701 g/mol. The third kappa shape index (κ3) is 5.64. The number of morpholine rings is 1. The Bertz CT molecular complexity index is 1800. The number of nitrogens with one attached hydrogen (secondary N) is 1. The highest BCUT2D eigenvalue weighted by Crippen LogP contribution is 2.70. The molecule has 3 aromatic rings. The van der Waals surface area contributed by atoms with Gasteiger partial charge in [-0.1, -0.05) is 110 Å². The smallest absolute Gasteiger partial charge is 0.324 e. The Labute approximate surface area is 298 Å². The number of fused-ring (bicyclic) bond motifs is 2. The topological polar surface area (TPSA) is 71.5 Å². The van der Waals surface area contributed by atoms with Gasteiger partial charge in [-0.3, -0.25) is 9.69 Å². The van der Waals surface area contributed by atoms with Crippen molar-refractivity contribution in [3.8, 4) is 0 Å². The van der Waals surface area contributed by atoms with E-state index in [1.165, 1.54) is 12.3 Å². The van der Waals surface area contributed by atoms with Crippen molar-refractivity contribution >= 4 is 35.5 Å². The molecule has 6 rings (SSSR count). The molecule has 3 fully saturated rings. The standard InChI is InChI=1S/C40H42Cl2FN3O3/c1-6-28(41)23-30(44-5)25(2)40(24-47)31(29-17-22-45-36(42)32(29)43)34-37(48)49-35(27-15-11-8-12-16-27)33(26-13-9-7-10-14-26)46(34)39(40)20-18-38(3,4)19-21-39/h6-17,22-24,31,33-35,44H,2,18-21H2,1,3-5H3/b28-6+,30-23+/t31-,33+,34+,35-,40-/m0/s1. The zero-order chi connectivity index (χ0) is 35.1. The minimum atomic E-state index is -1.54. The lowest BCUT2D eigenvalue weighted by atomic mass is 9.52. The number of hydrogen-bond acceptors (Lipinski definition) is 6. The molecular formula is C40H42Cl2FN3O3. The van der Waals surface area contributed by atoms with Crippen molar-refractivity contribution < 1.29 is 18.7 Å². The molecule has 1 saturated carbocycles. The summed E-state index contributed by atoms with van der Waals surface area (Å²) in [5, 5.41) is 3.31. The SMILES string of the molecule is C=C(/C(=C\C(Cl)=C/C)NC)[C@@]1(C=O)[C@@H](c2ccnc(Cl)c2F)[C@@H]2C(=O)O[C@@H](c3ccccc3)[C@@H](c3ccccc3)N2C12CCC(C)(C)CC2. The highest BCUT2D eigenvalue weighted by atomic mass is 35.5. The number of aldehydes is 1. The summed E-state index contributed by atoms with van der Waals surface area (Å²) in [5.74, 6) is -2.39. The van der Waals surface area contributed by atoms with E-state index in [1.54, 1.807) is 19.2 Å². The normalized spacial score (nSPS) is 28.1. The first-order valence-corrected chi connectivity index (χ1v) is 17.5. The maximum atomic E-state index is 16.5. The molecule has 6 nitrogen and oxygen atoms in total. The van der Waals surface area contributed by atoms with Crippen LogP contribution in [0.4, 0.5) is 4.39 Å². The number of benzene rings is 2. The summed E-state index contributed by atoms with van der Waals surface area (Å²) in [5.41, 5.74) is 0.177. The van der Waals surface area contributed by atoms with Gasteiger partial charge in [-0.25, -0.2) is 9.37 Å². The van der Waals surface area contributed by atoms with Gasteiger partial charge in [0.25, 0.3) is 0 Å². The lowest BCUT2D eigenvalue weighted by Crippen LogP contribution is -2.62. The molecule has 2 saturated heterocycles. The number of nitrogens with zero attached hydrogens (tertiary/aromatic N) is 2. The van der Waals surface area contributed by atoms with Crippen molar-refractivity contribution in [3.05, 3.63) is 136 Å². The number of ether oxygens (including phenoxy) is 1. The van der Waals surface area contributed by atoms with Crippen LogP contribution in [0.2, 0.25) is 5.15 Å². The Morgan fingerprint density at radius 3 is 2.20 bits per heavy atom. The van der Waals surface area contributed by atoms with Crippen LogP contribution in [0.1, 0.15) is 81.2 Å². The van der Waals surface area contributed by atoms with Crippen molar-refractivity contribution in [1.29, 1.82) is 0 Å². The van der Waals surface area contributed by atoms with E-state index in [0.717, 1.165) is 30.3 Å². The molecular weight excluding hydrogens is 660 g/mol. The van der Waals surface area contributed by atoms with Crippen LogP contribution in [-0.2, 0) is 14.3 Å². The maximum absolute atomic E-state index is 16.5. The molecule has 3 heterocycles. The maximum Gasteiger partial charge on any atom is 0.324 e. The number of cyclic esters (lactones) is 1. The number of hydrogen-bond donors (Lipinski definition) is 1. The third-order valence-corrected chi connectivity index (χ3v) is 11.8. The lowest BCUT2D eigenvalue weighted by molar-refractivity contribution is -0.184. The van der Waals surface area contributed by atoms with Gasteiger partial charge < -0.3 is 14.8 Å². The first-order valence-electron chi connectivity index (χ1n) is 16.7. The first kappa shape index (κ1) is 35.1.